The fraction of sp³-hybridized carbons (Fsp3) is 0.300. The molecule has 1 aromatic rings. The second kappa shape index (κ2) is 3.61. The molecule has 14 heavy (non-hydrogen) atoms. The van der Waals surface area contributed by atoms with Crippen molar-refractivity contribution in [3.05, 3.63) is 34.3 Å². The van der Waals surface area contributed by atoms with Crippen LogP contribution in [0.5, 0.6) is 0 Å². The molecule has 2 atom stereocenters. The standard InChI is InChI=1S/C10H12BrN3/c11-7-3-1-6(2-4-7)8-5-9(8)14-10(12)13/h1-4,8-9H,5H2,(H4,12,13,14). The van der Waals surface area contributed by atoms with Crippen LogP contribution in [0.1, 0.15) is 17.9 Å². The van der Waals surface area contributed by atoms with E-state index in [4.69, 9.17) is 11.5 Å². The Kier molecular flexibility index (Phi) is 2.46. The Hall–Kier alpha value is -1.03. The van der Waals surface area contributed by atoms with E-state index in [1.807, 2.05) is 12.1 Å². The van der Waals surface area contributed by atoms with Crippen LogP contribution in [0.3, 0.4) is 0 Å². The van der Waals surface area contributed by atoms with Crippen LogP contribution >= 0.6 is 15.9 Å². The van der Waals surface area contributed by atoms with E-state index in [0.717, 1.165) is 10.9 Å². The maximum Gasteiger partial charge on any atom is 0.186 e. The maximum atomic E-state index is 5.32. The van der Waals surface area contributed by atoms with E-state index in [0.29, 0.717) is 12.0 Å². The van der Waals surface area contributed by atoms with Crippen molar-refractivity contribution in [2.75, 3.05) is 0 Å². The zero-order valence-corrected chi connectivity index (χ0v) is 9.24. The van der Waals surface area contributed by atoms with Crippen LogP contribution in [0, 0.1) is 0 Å². The third kappa shape index (κ3) is 2.07. The van der Waals surface area contributed by atoms with Crippen LogP contribution in [0.2, 0.25) is 0 Å². The summed E-state index contributed by atoms with van der Waals surface area (Å²) in [4.78, 5) is 4.13. The maximum absolute atomic E-state index is 5.32. The highest BCUT2D eigenvalue weighted by Gasteiger charge is 2.38. The van der Waals surface area contributed by atoms with Gasteiger partial charge in [0.1, 0.15) is 0 Å². The van der Waals surface area contributed by atoms with Gasteiger partial charge in [0.15, 0.2) is 5.96 Å². The summed E-state index contributed by atoms with van der Waals surface area (Å²) in [6, 6.07) is 8.59. The van der Waals surface area contributed by atoms with Gasteiger partial charge in [-0.2, -0.15) is 0 Å². The number of guanidine groups is 1. The number of aliphatic imine (C=N–C) groups is 1. The van der Waals surface area contributed by atoms with Gasteiger partial charge in [-0.25, -0.2) is 4.99 Å². The van der Waals surface area contributed by atoms with Crippen molar-refractivity contribution in [1.29, 1.82) is 0 Å². The second-order valence-corrected chi connectivity index (χ2v) is 4.43. The van der Waals surface area contributed by atoms with Crippen molar-refractivity contribution in [3.63, 3.8) is 0 Å². The van der Waals surface area contributed by atoms with Gasteiger partial charge in [0.2, 0.25) is 0 Å². The van der Waals surface area contributed by atoms with Crippen molar-refractivity contribution >= 4 is 21.9 Å². The first-order valence-electron chi connectivity index (χ1n) is 4.51. The fourth-order valence-electron chi connectivity index (χ4n) is 1.58. The Bertz CT molecular complexity index is 354. The van der Waals surface area contributed by atoms with Gasteiger partial charge >= 0.3 is 0 Å². The number of rotatable bonds is 2. The van der Waals surface area contributed by atoms with E-state index >= 15 is 0 Å². The molecule has 0 spiro atoms. The largest absolute Gasteiger partial charge is 0.370 e. The number of benzene rings is 1. The smallest absolute Gasteiger partial charge is 0.186 e. The molecule has 0 amide bonds. The summed E-state index contributed by atoms with van der Waals surface area (Å²) in [5, 5.41) is 0. The third-order valence-corrected chi connectivity index (χ3v) is 2.90. The summed E-state index contributed by atoms with van der Waals surface area (Å²) in [5.41, 5.74) is 11.9. The van der Waals surface area contributed by atoms with Crippen molar-refractivity contribution in [2.24, 2.45) is 16.5 Å². The van der Waals surface area contributed by atoms with Crippen molar-refractivity contribution < 1.29 is 0 Å². The Morgan fingerprint density at radius 3 is 2.50 bits per heavy atom. The van der Waals surface area contributed by atoms with Crippen LogP contribution in [-0.4, -0.2) is 12.0 Å². The number of hydrogen-bond acceptors (Lipinski definition) is 1. The van der Waals surface area contributed by atoms with Crippen LogP contribution in [0.25, 0.3) is 0 Å². The Morgan fingerprint density at radius 1 is 1.29 bits per heavy atom. The fourth-order valence-corrected chi connectivity index (χ4v) is 1.85. The van der Waals surface area contributed by atoms with E-state index in [1.165, 1.54) is 5.56 Å². The molecule has 1 aliphatic carbocycles. The lowest BCUT2D eigenvalue weighted by atomic mass is 10.1. The van der Waals surface area contributed by atoms with Gasteiger partial charge in [0, 0.05) is 10.4 Å². The van der Waals surface area contributed by atoms with Crippen LogP contribution < -0.4 is 11.5 Å². The number of hydrogen-bond donors (Lipinski definition) is 2. The van der Waals surface area contributed by atoms with Crippen LogP contribution in [0.15, 0.2) is 33.7 Å². The van der Waals surface area contributed by atoms with E-state index in [1.54, 1.807) is 0 Å². The van der Waals surface area contributed by atoms with Crippen LogP contribution in [0.4, 0.5) is 0 Å². The molecule has 74 valence electrons. The molecule has 4 N–H and O–H groups in total. The van der Waals surface area contributed by atoms with Gasteiger partial charge in [0.05, 0.1) is 6.04 Å². The first-order valence-corrected chi connectivity index (χ1v) is 5.30. The summed E-state index contributed by atoms with van der Waals surface area (Å²) in [6.07, 6.45) is 1.06. The zero-order chi connectivity index (χ0) is 10.1. The highest BCUT2D eigenvalue weighted by atomic mass is 79.9. The molecule has 1 fully saturated rings. The molecular formula is C10H12BrN3. The highest BCUT2D eigenvalue weighted by Crippen LogP contribution is 2.43. The first-order chi connectivity index (χ1) is 6.66. The van der Waals surface area contributed by atoms with E-state index in [9.17, 15) is 0 Å². The average Bonchev–Trinajstić information content (AvgIpc) is 2.84. The predicted octanol–water partition coefficient (Wildman–Crippen LogP) is 1.58. The molecule has 0 radical (unpaired) electrons. The minimum absolute atomic E-state index is 0.189. The zero-order valence-electron chi connectivity index (χ0n) is 7.65. The van der Waals surface area contributed by atoms with Gasteiger partial charge in [-0.1, -0.05) is 28.1 Å². The molecule has 0 aromatic heterocycles. The molecule has 0 aliphatic heterocycles. The molecule has 2 unspecified atom stereocenters. The lowest BCUT2D eigenvalue weighted by molar-refractivity contribution is 0.982. The lowest BCUT2D eigenvalue weighted by Gasteiger charge is -1.98. The number of nitrogens with zero attached hydrogens (tertiary/aromatic N) is 1. The van der Waals surface area contributed by atoms with Gasteiger partial charge in [0.25, 0.3) is 0 Å². The van der Waals surface area contributed by atoms with Crippen molar-refractivity contribution in [2.45, 2.75) is 18.4 Å². The van der Waals surface area contributed by atoms with Gasteiger partial charge in [-0.15, -0.1) is 0 Å². The molecule has 3 nitrogen and oxygen atoms in total. The molecule has 1 aliphatic rings. The molecule has 4 heteroatoms. The molecule has 1 saturated carbocycles. The first kappa shape index (κ1) is 9.52. The summed E-state index contributed by atoms with van der Waals surface area (Å²) < 4.78 is 1.10. The Morgan fingerprint density at radius 2 is 1.93 bits per heavy atom. The topological polar surface area (TPSA) is 64.4 Å². The molecule has 2 rings (SSSR count). The second-order valence-electron chi connectivity index (χ2n) is 3.52. The van der Waals surface area contributed by atoms with E-state index in [2.05, 4.69) is 33.1 Å². The Balaban J connectivity index is 2.06. The normalized spacial score (nSPS) is 24.4. The van der Waals surface area contributed by atoms with Gasteiger partial charge in [-0.3, -0.25) is 0 Å². The SMILES string of the molecule is NC(N)=NC1CC1c1ccc(Br)cc1. The molecule has 0 bridgehead atoms. The quantitative estimate of drug-likeness (QED) is 0.621. The Labute approximate surface area is 91.3 Å². The average molecular weight is 254 g/mol. The number of nitrogens with two attached hydrogens (primary N) is 2. The highest BCUT2D eigenvalue weighted by molar-refractivity contribution is 9.10. The summed E-state index contributed by atoms with van der Waals surface area (Å²) in [6.45, 7) is 0. The molecule has 0 heterocycles. The van der Waals surface area contributed by atoms with Crippen LogP contribution in [-0.2, 0) is 0 Å². The molecule has 1 aromatic carbocycles. The summed E-state index contributed by atoms with van der Waals surface area (Å²) in [7, 11) is 0. The van der Waals surface area contributed by atoms with Crippen molar-refractivity contribution in [1.82, 2.24) is 0 Å². The minimum atomic E-state index is 0.189. The van der Waals surface area contributed by atoms with Crippen molar-refractivity contribution in [3.8, 4) is 0 Å². The summed E-state index contributed by atoms with van der Waals surface area (Å²) >= 11 is 3.40. The van der Waals surface area contributed by atoms with E-state index < -0.39 is 0 Å². The molecule has 0 saturated heterocycles. The molecular weight excluding hydrogens is 242 g/mol. The third-order valence-electron chi connectivity index (χ3n) is 2.37. The predicted molar refractivity (Wildman–Crippen MR) is 61.1 cm³/mol. The monoisotopic (exact) mass is 253 g/mol. The lowest BCUT2D eigenvalue weighted by Crippen LogP contribution is -2.23. The van der Waals surface area contributed by atoms with E-state index in [-0.39, 0.29) is 5.96 Å². The van der Waals surface area contributed by atoms with Gasteiger partial charge in [-0.05, 0) is 24.1 Å². The number of halogens is 1. The summed E-state index contributed by atoms with van der Waals surface area (Å²) in [5.74, 6) is 0.694. The minimum Gasteiger partial charge on any atom is -0.370 e. The van der Waals surface area contributed by atoms with Gasteiger partial charge < -0.3 is 11.5 Å².